The summed E-state index contributed by atoms with van der Waals surface area (Å²) in [7, 11) is 0. The van der Waals surface area contributed by atoms with E-state index in [4.69, 9.17) is 4.74 Å². The Hall–Kier alpha value is -1.62. The number of halogens is 1. The first-order valence-electron chi connectivity index (χ1n) is 7.41. The van der Waals surface area contributed by atoms with E-state index in [2.05, 4.69) is 5.32 Å². The fraction of sp³-hybridized carbons (Fsp3) is 0.562. The number of ether oxygens (including phenoxy) is 1. The predicted octanol–water partition coefficient (Wildman–Crippen LogP) is 2.50. The number of carboxylic acids is 1. The van der Waals surface area contributed by atoms with Gasteiger partial charge in [0, 0.05) is 6.04 Å². The van der Waals surface area contributed by atoms with Gasteiger partial charge in [0.25, 0.3) is 0 Å². The lowest BCUT2D eigenvalue weighted by Gasteiger charge is -2.31. The third-order valence-electron chi connectivity index (χ3n) is 4.29. The summed E-state index contributed by atoms with van der Waals surface area (Å²) in [6.45, 7) is 1.84. The van der Waals surface area contributed by atoms with Crippen molar-refractivity contribution < 1.29 is 19.0 Å². The summed E-state index contributed by atoms with van der Waals surface area (Å²) in [6.07, 6.45) is 3.88. The Balaban J connectivity index is 1.76. The fourth-order valence-corrected chi connectivity index (χ4v) is 2.71. The molecule has 1 aromatic rings. The number of carbonyl (C=O) groups is 1. The van der Waals surface area contributed by atoms with Gasteiger partial charge < -0.3 is 9.84 Å². The summed E-state index contributed by atoms with van der Waals surface area (Å²) in [5.41, 5.74) is -0.335. The van der Waals surface area contributed by atoms with Crippen molar-refractivity contribution in [2.45, 2.75) is 44.2 Å². The van der Waals surface area contributed by atoms with E-state index in [9.17, 15) is 14.3 Å². The molecule has 4 nitrogen and oxygen atoms in total. The van der Waals surface area contributed by atoms with Crippen LogP contribution in [0.5, 0.6) is 5.75 Å². The summed E-state index contributed by atoms with van der Waals surface area (Å²) in [6, 6.07) is 4.57. The Kier molecular flexibility index (Phi) is 3.61. The first kappa shape index (κ1) is 14.3. The van der Waals surface area contributed by atoms with Crippen LogP contribution in [0.3, 0.4) is 0 Å². The third kappa shape index (κ3) is 3.02. The lowest BCUT2D eigenvalue weighted by Crippen LogP contribution is -2.59. The quantitative estimate of drug-likeness (QED) is 0.811. The van der Waals surface area contributed by atoms with Crippen molar-refractivity contribution >= 4 is 5.97 Å². The van der Waals surface area contributed by atoms with Crippen LogP contribution in [-0.2, 0) is 4.79 Å². The maximum atomic E-state index is 13.1. The number of hydrogen-bond donors (Lipinski definition) is 2. The number of carboxylic acid groups (broad SMARTS) is 1. The van der Waals surface area contributed by atoms with E-state index in [0.717, 1.165) is 25.7 Å². The Morgan fingerprint density at radius 1 is 1.43 bits per heavy atom. The van der Waals surface area contributed by atoms with E-state index in [1.807, 2.05) is 0 Å². The molecular formula is C16H20FNO3. The Morgan fingerprint density at radius 2 is 2.14 bits per heavy atom. The molecule has 0 spiro atoms. The van der Waals surface area contributed by atoms with Crippen molar-refractivity contribution in [1.29, 1.82) is 0 Å². The third-order valence-corrected chi connectivity index (χ3v) is 4.29. The first-order valence-corrected chi connectivity index (χ1v) is 7.41. The minimum absolute atomic E-state index is 0.0793. The average molecular weight is 293 g/mol. The minimum Gasteiger partial charge on any atom is -0.491 e. The molecule has 2 N–H and O–H groups in total. The monoisotopic (exact) mass is 293 g/mol. The number of aliphatic carboxylic acids is 1. The van der Waals surface area contributed by atoms with Crippen molar-refractivity contribution in [1.82, 2.24) is 5.32 Å². The lowest BCUT2D eigenvalue weighted by molar-refractivity contribution is -0.147. The van der Waals surface area contributed by atoms with Gasteiger partial charge in [-0.2, -0.15) is 0 Å². The zero-order chi connectivity index (χ0) is 15.0. The Labute approximate surface area is 123 Å². The molecule has 21 heavy (non-hydrogen) atoms. The largest absolute Gasteiger partial charge is 0.491 e. The maximum absolute atomic E-state index is 13.1. The summed E-state index contributed by atoms with van der Waals surface area (Å²) >= 11 is 0. The zero-order valence-corrected chi connectivity index (χ0v) is 12.1. The summed E-state index contributed by atoms with van der Waals surface area (Å²) in [5, 5.41) is 13.0. The van der Waals surface area contributed by atoms with Gasteiger partial charge in [0.15, 0.2) is 5.54 Å². The number of rotatable bonds is 7. The molecule has 1 aromatic carbocycles. The molecular weight excluding hydrogens is 273 g/mol. The van der Waals surface area contributed by atoms with E-state index in [0.29, 0.717) is 17.4 Å². The number of nitrogens with one attached hydrogen (secondary N) is 1. The zero-order valence-electron chi connectivity index (χ0n) is 12.1. The van der Waals surface area contributed by atoms with Crippen LogP contribution in [0, 0.1) is 18.7 Å². The van der Waals surface area contributed by atoms with Gasteiger partial charge in [0.2, 0.25) is 0 Å². The summed E-state index contributed by atoms with van der Waals surface area (Å²) in [4.78, 5) is 11.8. The highest BCUT2D eigenvalue weighted by Gasteiger charge is 2.54. The molecule has 2 aliphatic carbocycles. The Bertz CT molecular complexity index is 554. The molecule has 2 saturated carbocycles. The highest BCUT2D eigenvalue weighted by Crippen LogP contribution is 2.42. The van der Waals surface area contributed by atoms with Crippen molar-refractivity contribution in [3.05, 3.63) is 29.6 Å². The van der Waals surface area contributed by atoms with Crippen LogP contribution < -0.4 is 10.1 Å². The van der Waals surface area contributed by atoms with E-state index in [-0.39, 0.29) is 18.3 Å². The van der Waals surface area contributed by atoms with Crippen LogP contribution in [-0.4, -0.2) is 29.3 Å². The summed E-state index contributed by atoms with van der Waals surface area (Å²) in [5.74, 6) is -0.504. The summed E-state index contributed by atoms with van der Waals surface area (Å²) < 4.78 is 18.8. The molecule has 0 saturated heterocycles. The van der Waals surface area contributed by atoms with E-state index in [1.54, 1.807) is 13.0 Å². The minimum atomic E-state index is -1.01. The van der Waals surface area contributed by atoms with Crippen LogP contribution >= 0.6 is 0 Å². The molecule has 1 unspecified atom stereocenters. The van der Waals surface area contributed by atoms with Crippen molar-refractivity contribution in [2.24, 2.45) is 5.92 Å². The molecule has 0 amide bonds. The predicted molar refractivity (Wildman–Crippen MR) is 75.9 cm³/mol. The van der Waals surface area contributed by atoms with Crippen LogP contribution in [0.4, 0.5) is 4.39 Å². The first-order chi connectivity index (χ1) is 10.0. The fourth-order valence-electron chi connectivity index (χ4n) is 2.71. The van der Waals surface area contributed by atoms with Gasteiger partial charge in [-0.1, -0.05) is 0 Å². The van der Waals surface area contributed by atoms with Gasteiger partial charge in [-0.05, 0) is 62.3 Å². The normalized spacial score (nSPS) is 20.9. The number of hydrogen-bond acceptors (Lipinski definition) is 3. The molecule has 3 rings (SSSR count). The maximum Gasteiger partial charge on any atom is 0.327 e. The van der Waals surface area contributed by atoms with Gasteiger partial charge in [0.05, 0.1) is 0 Å². The van der Waals surface area contributed by atoms with Gasteiger partial charge in [-0.25, -0.2) is 4.39 Å². The molecule has 2 aliphatic rings. The molecule has 2 fully saturated rings. The molecule has 0 heterocycles. The van der Waals surface area contributed by atoms with Gasteiger partial charge >= 0.3 is 5.97 Å². The van der Waals surface area contributed by atoms with Crippen molar-refractivity contribution in [2.75, 3.05) is 6.61 Å². The average Bonchev–Trinajstić information content (AvgIpc) is 3.28. The molecule has 5 heteroatoms. The molecule has 0 aromatic heterocycles. The second-order valence-corrected chi connectivity index (χ2v) is 6.17. The van der Waals surface area contributed by atoms with Crippen LogP contribution in [0.1, 0.15) is 31.2 Å². The van der Waals surface area contributed by atoms with E-state index < -0.39 is 11.5 Å². The Morgan fingerprint density at radius 3 is 2.67 bits per heavy atom. The van der Waals surface area contributed by atoms with E-state index in [1.165, 1.54) is 12.1 Å². The second kappa shape index (κ2) is 5.30. The standard InChI is InChI=1S/C16H20FNO3/c1-10-8-12(17)4-7-14(10)21-9-16(15(19)20,11-2-3-11)18-13-5-6-13/h4,7-8,11,13,18H,2-3,5-6,9H2,1H3,(H,19,20). The molecule has 0 bridgehead atoms. The molecule has 0 radical (unpaired) electrons. The number of benzene rings is 1. The highest BCUT2D eigenvalue weighted by atomic mass is 19.1. The van der Waals surface area contributed by atoms with Crippen molar-refractivity contribution in [3.8, 4) is 5.75 Å². The SMILES string of the molecule is Cc1cc(F)ccc1OCC(NC1CC1)(C(=O)O)C1CC1. The van der Waals surface area contributed by atoms with Gasteiger partial charge in [-0.15, -0.1) is 0 Å². The lowest BCUT2D eigenvalue weighted by atomic mass is 9.94. The smallest absolute Gasteiger partial charge is 0.327 e. The molecule has 0 aliphatic heterocycles. The highest BCUT2D eigenvalue weighted by molar-refractivity contribution is 5.80. The van der Waals surface area contributed by atoms with Gasteiger partial charge in [-0.3, -0.25) is 10.1 Å². The topological polar surface area (TPSA) is 58.6 Å². The molecule has 1 atom stereocenters. The second-order valence-electron chi connectivity index (χ2n) is 6.17. The van der Waals surface area contributed by atoms with Crippen LogP contribution in [0.15, 0.2) is 18.2 Å². The van der Waals surface area contributed by atoms with Gasteiger partial charge in [0.1, 0.15) is 18.2 Å². The molecule has 114 valence electrons. The van der Waals surface area contributed by atoms with Crippen LogP contribution in [0.25, 0.3) is 0 Å². The van der Waals surface area contributed by atoms with Crippen molar-refractivity contribution in [3.63, 3.8) is 0 Å². The van der Waals surface area contributed by atoms with E-state index >= 15 is 0 Å². The van der Waals surface area contributed by atoms with Crippen LogP contribution in [0.2, 0.25) is 0 Å². The number of aryl methyl sites for hydroxylation is 1.